The molecule has 0 radical (unpaired) electrons. The fourth-order valence-corrected chi connectivity index (χ4v) is 3.66. The summed E-state index contributed by atoms with van der Waals surface area (Å²) in [6, 6.07) is 1.24. The lowest BCUT2D eigenvalue weighted by molar-refractivity contribution is -0.142. The van der Waals surface area contributed by atoms with Gasteiger partial charge in [0.05, 0.1) is 6.10 Å². The van der Waals surface area contributed by atoms with Gasteiger partial charge >= 0.3 is 5.97 Å². The van der Waals surface area contributed by atoms with Crippen molar-refractivity contribution in [2.24, 2.45) is 0 Å². The molecule has 0 aromatic rings. The zero-order valence-corrected chi connectivity index (χ0v) is 15.2. The average molecular weight is 319 g/mol. The second-order valence-electron chi connectivity index (χ2n) is 6.18. The predicted molar refractivity (Wildman–Crippen MR) is 90.8 cm³/mol. The van der Waals surface area contributed by atoms with Gasteiger partial charge in [-0.2, -0.15) is 11.1 Å². The van der Waals surface area contributed by atoms with Crippen molar-refractivity contribution >= 4 is 24.4 Å². The van der Waals surface area contributed by atoms with E-state index in [4.69, 9.17) is 15.8 Å². The molecule has 1 atom stereocenters. The minimum absolute atomic E-state index is 0.0106. The quantitative estimate of drug-likeness (QED) is 0.152. The number of unbranched alkanes of at least 4 members (excludes halogenated alkanes) is 6. The van der Waals surface area contributed by atoms with Crippen LogP contribution in [0, 0.1) is 0 Å². The molecular formula is C16H31ClO2Si. The lowest BCUT2D eigenvalue weighted by Crippen LogP contribution is -2.14. The van der Waals surface area contributed by atoms with E-state index in [0.29, 0.717) is 0 Å². The molecule has 0 aliphatic carbocycles. The summed E-state index contributed by atoms with van der Waals surface area (Å²) >= 11 is 6.29. The first kappa shape index (κ1) is 19.7. The topological polar surface area (TPSA) is 26.3 Å². The van der Waals surface area contributed by atoms with Crippen LogP contribution in [0.4, 0.5) is 0 Å². The molecule has 0 rings (SSSR count). The summed E-state index contributed by atoms with van der Waals surface area (Å²) in [5.74, 6) is -0.316. The van der Waals surface area contributed by atoms with Crippen LogP contribution in [0.15, 0.2) is 12.7 Å². The van der Waals surface area contributed by atoms with Crippen LogP contribution >= 0.6 is 11.1 Å². The third kappa shape index (κ3) is 14.1. The van der Waals surface area contributed by atoms with Crippen molar-refractivity contribution in [3.05, 3.63) is 12.7 Å². The van der Waals surface area contributed by atoms with Gasteiger partial charge in [0.2, 0.25) is 0 Å². The summed E-state index contributed by atoms with van der Waals surface area (Å²) in [6.07, 6.45) is 11.1. The molecule has 4 heteroatoms. The number of hydrogen-bond donors (Lipinski definition) is 0. The van der Waals surface area contributed by atoms with Crippen LogP contribution in [0.3, 0.4) is 0 Å². The van der Waals surface area contributed by atoms with Gasteiger partial charge in [-0.1, -0.05) is 58.2 Å². The Bertz CT molecular complexity index is 274. The van der Waals surface area contributed by atoms with E-state index in [9.17, 15) is 4.79 Å². The molecule has 0 amide bonds. The minimum atomic E-state index is -1.34. The number of carbonyl (C=O) groups is 1. The van der Waals surface area contributed by atoms with Gasteiger partial charge < -0.3 is 4.74 Å². The number of hydrogen-bond acceptors (Lipinski definition) is 2. The van der Waals surface area contributed by atoms with Gasteiger partial charge in [0.15, 0.2) is 0 Å². The lowest BCUT2D eigenvalue weighted by Gasteiger charge is -2.12. The summed E-state index contributed by atoms with van der Waals surface area (Å²) in [7, 11) is -1.34. The molecule has 20 heavy (non-hydrogen) atoms. The Hall–Kier alpha value is -0.283. The van der Waals surface area contributed by atoms with Gasteiger partial charge in [-0.15, -0.1) is 0 Å². The maximum absolute atomic E-state index is 11.0. The Morgan fingerprint density at radius 2 is 1.65 bits per heavy atom. The summed E-state index contributed by atoms with van der Waals surface area (Å²) in [4.78, 5) is 11.0. The second-order valence-corrected chi connectivity index (χ2v) is 13.2. The van der Waals surface area contributed by atoms with Gasteiger partial charge in [-0.25, -0.2) is 4.79 Å². The van der Waals surface area contributed by atoms with Gasteiger partial charge in [0.1, 0.15) is 7.38 Å². The largest absolute Gasteiger partial charge is 0.460 e. The molecule has 1 unspecified atom stereocenters. The van der Waals surface area contributed by atoms with Crippen molar-refractivity contribution in [1.29, 1.82) is 0 Å². The first-order valence-corrected chi connectivity index (χ1v) is 12.1. The Labute approximate surface area is 130 Å². The standard InChI is InChI=1S/C16H31ClO2Si/c1-5-16(18)19-15(2)13-11-9-7-6-8-10-12-14-20(3,4)17/h5,15H,1,6-14H2,2-4H3. The van der Waals surface area contributed by atoms with E-state index in [-0.39, 0.29) is 12.1 Å². The van der Waals surface area contributed by atoms with Crippen LogP contribution in [0.5, 0.6) is 0 Å². The maximum Gasteiger partial charge on any atom is 0.330 e. The zero-order valence-electron chi connectivity index (χ0n) is 13.4. The molecule has 0 heterocycles. The van der Waals surface area contributed by atoms with E-state index < -0.39 is 7.38 Å². The Morgan fingerprint density at radius 1 is 1.15 bits per heavy atom. The highest BCUT2D eigenvalue weighted by Crippen LogP contribution is 2.19. The maximum atomic E-state index is 11.0. The van der Waals surface area contributed by atoms with Crippen LogP contribution < -0.4 is 0 Å². The van der Waals surface area contributed by atoms with Gasteiger partial charge in [0, 0.05) is 6.08 Å². The highest BCUT2D eigenvalue weighted by molar-refractivity contribution is 7.19. The van der Waals surface area contributed by atoms with Crippen molar-refractivity contribution in [1.82, 2.24) is 0 Å². The van der Waals surface area contributed by atoms with E-state index in [1.807, 2.05) is 6.92 Å². The number of esters is 1. The van der Waals surface area contributed by atoms with Crippen molar-refractivity contribution in [2.75, 3.05) is 0 Å². The predicted octanol–water partition coefficient (Wildman–Crippen LogP) is 5.67. The van der Waals surface area contributed by atoms with E-state index in [2.05, 4.69) is 19.7 Å². The molecule has 0 saturated heterocycles. The highest BCUT2D eigenvalue weighted by atomic mass is 35.6. The van der Waals surface area contributed by atoms with Crippen LogP contribution in [0.1, 0.15) is 58.3 Å². The average Bonchev–Trinajstić information content (AvgIpc) is 2.35. The normalized spacial score (nSPS) is 13.0. The zero-order chi connectivity index (χ0) is 15.4. The molecule has 0 fully saturated rings. The minimum Gasteiger partial charge on any atom is -0.460 e. The monoisotopic (exact) mass is 318 g/mol. The summed E-state index contributed by atoms with van der Waals surface area (Å²) < 4.78 is 5.13. The molecule has 0 bridgehead atoms. The van der Waals surface area contributed by atoms with Crippen molar-refractivity contribution in [3.8, 4) is 0 Å². The molecule has 0 aromatic carbocycles. The smallest absolute Gasteiger partial charge is 0.330 e. The summed E-state index contributed by atoms with van der Waals surface area (Å²) in [6.45, 7) is 9.77. The van der Waals surface area contributed by atoms with Crippen molar-refractivity contribution < 1.29 is 9.53 Å². The summed E-state index contributed by atoms with van der Waals surface area (Å²) in [5, 5.41) is 0. The second kappa shape index (κ2) is 11.4. The SMILES string of the molecule is C=CC(=O)OC(C)CCCCCCCCC[Si](C)(C)Cl. The first-order chi connectivity index (χ1) is 9.35. The van der Waals surface area contributed by atoms with Crippen molar-refractivity contribution in [3.63, 3.8) is 0 Å². The Morgan fingerprint density at radius 3 is 2.15 bits per heavy atom. The molecule has 0 aliphatic heterocycles. The molecule has 0 saturated carbocycles. The van der Waals surface area contributed by atoms with Crippen LogP contribution in [0.2, 0.25) is 19.1 Å². The molecule has 0 aromatic heterocycles. The van der Waals surface area contributed by atoms with E-state index >= 15 is 0 Å². The third-order valence-corrected chi connectivity index (χ3v) is 5.48. The fraction of sp³-hybridized carbons (Fsp3) is 0.812. The summed E-state index contributed by atoms with van der Waals surface area (Å²) in [5.41, 5.74) is 0. The fourth-order valence-electron chi connectivity index (χ4n) is 2.17. The highest BCUT2D eigenvalue weighted by Gasteiger charge is 2.15. The Balaban J connectivity index is 3.28. The van der Waals surface area contributed by atoms with Crippen LogP contribution in [-0.2, 0) is 9.53 Å². The van der Waals surface area contributed by atoms with Gasteiger partial charge in [-0.05, 0) is 25.8 Å². The molecule has 0 spiro atoms. The third-order valence-electron chi connectivity index (χ3n) is 3.37. The molecule has 2 nitrogen and oxygen atoms in total. The first-order valence-electron chi connectivity index (χ1n) is 7.87. The molecular weight excluding hydrogens is 288 g/mol. The lowest BCUT2D eigenvalue weighted by atomic mass is 10.1. The molecule has 0 N–H and O–H groups in total. The number of rotatable bonds is 12. The number of carbonyl (C=O) groups excluding carboxylic acids is 1. The number of ether oxygens (including phenoxy) is 1. The van der Waals surface area contributed by atoms with E-state index in [1.54, 1.807) is 0 Å². The van der Waals surface area contributed by atoms with E-state index in [1.165, 1.54) is 50.6 Å². The Kier molecular flexibility index (Phi) is 11.2. The van der Waals surface area contributed by atoms with Crippen molar-refractivity contribution in [2.45, 2.75) is 83.5 Å². The molecule has 118 valence electrons. The van der Waals surface area contributed by atoms with E-state index in [0.717, 1.165) is 12.8 Å². The van der Waals surface area contributed by atoms with Gasteiger partial charge in [0.25, 0.3) is 0 Å². The molecule has 0 aliphatic rings. The number of halogens is 1. The van der Waals surface area contributed by atoms with Gasteiger partial charge in [-0.3, -0.25) is 0 Å². The van der Waals surface area contributed by atoms with Crippen LogP contribution in [-0.4, -0.2) is 19.5 Å². The van der Waals surface area contributed by atoms with Crippen LogP contribution in [0.25, 0.3) is 0 Å².